The summed E-state index contributed by atoms with van der Waals surface area (Å²) in [6.07, 6.45) is 0. The molecule has 0 atom stereocenters. The third-order valence-electron chi connectivity index (χ3n) is 10.6. The van der Waals surface area contributed by atoms with E-state index in [1.165, 1.54) is 69.7 Å². The lowest BCUT2D eigenvalue weighted by Crippen LogP contribution is -1.87. The molecule has 0 aliphatic heterocycles. The number of benzene rings is 9. The highest BCUT2D eigenvalue weighted by Gasteiger charge is 2.17. The van der Waals surface area contributed by atoms with Gasteiger partial charge in [0.25, 0.3) is 0 Å². The van der Waals surface area contributed by atoms with E-state index >= 15 is 0 Å². The van der Waals surface area contributed by atoms with Crippen molar-refractivity contribution >= 4 is 75.0 Å². The van der Waals surface area contributed by atoms with Gasteiger partial charge in [0.1, 0.15) is 11.2 Å². The molecule has 2 heterocycles. The molecule has 0 fully saturated rings. The van der Waals surface area contributed by atoms with Gasteiger partial charge in [-0.05, 0) is 115 Å². The van der Waals surface area contributed by atoms with Gasteiger partial charge in [-0.1, -0.05) is 127 Å². The molecule has 2 aromatic heterocycles. The maximum Gasteiger partial charge on any atom is 0.143 e. The van der Waals surface area contributed by atoms with Gasteiger partial charge in [-0.2, -0.15) is 0 Å². The molecule has 0 bridgehead atoms. The molecule has 11 aromatic rings. The number of hydrogen-bond acceptors (Lipinski definition) is 2. The monoisotopic (exact) mass is 678 g/mol. The summed E-state index contributed by atoms with van der Waals surface area (Å²) in [7, 11) is 0. The van der Waals surface area contributed by atoms with Crippen LogP contribution in [-0.2, 0) is 0 Å². The molecule has 52 heavy (non-hydrogen) atoms. The Kier molecular flexibility index (Phi) is 6.49. The fourth-order valence-corrected chi connectivity index (χ4v) is 9.22. The van der Waals surface area contributed by atoms with E-state index in [-0.39, 0.29) is 0 Å². The molecule has 0 amide bonds. The minimum Gasteiger partial charge on any atom is -0.455 e. The first-order chi connectivity index (χ1) is 25.7. The van der Waals surface area contributed by atoms with Crippen LogP contribution in [0, 0.1) is 0 Å². The predicted octanol–water partition coefficient (Wildman–Crippen LogP) is 14.9. The number of furan rings is 1. The standard InChI is InChI=1S/C50H30OS/c1-2-11-32(12-3-1)44-30-46-41-23-21-34(29-47(41)51-50(46)43-18-7-6-16-40(43)44)36-25-35(26-37(27-36)39-19-10-14-31-13-4-5-15-38(31)39)33-22-24-49-45(28-33)42-17-8-9-20-48(42)52-49/h1-30H. The van der Waals surface area contributed by atoms with E-state index in [1.807, 2.05) is 11.3 Å². The van der Waals surface area contributed by atoms with Crippen LogP contribution in [0.1, 0.15) is 0 Å². The summed E-state index contributed by atoms with van der Waals surface area (Å²) >= 11 is 1.86. The van der Waals surface area contributed by atoms with Crippen molar-refractivity contribution in [2.45, 2.75) is 0 Å². The Bertz CT molecular complexity index is 3180. The second-order valence-corrected chi connectivity index (χ2v) is 14.7. The van der Waals surface area contributed by atoms with Crippen molar-refractivity contribution in [3.63, 3.8) is 0 Å². The van der Waals surface area contributed by atoms with Crippen LogP contribution in [0.2, 0.25) is 0 Å². The smallest absolute Gasteiger partial charge is 0.143 e. The molecule has 9 aromatic carbocycles. The highest BCUT2D eigenvalue weighted by Crippen LogP contribution is 2.43. The molecule has 0 saturated carbocycles. The average Bonchev–Trinajstić information content (AvgIpc) is 3.78. The van der Waals surface area contributed by atoms with Gasteiger partial charge in [-0.3, -0.25) is 0 Å². The molecule has 0 aliphatic carbocycles. The summed E-state index contributed by atoms with van der Waals surface area (Å²) < 4.78 is 9.42. The maximum absolute atomic E-state index is 6.79. The SMILES string of the molecule is c1ccc(-c2cc3c4ccc(-c5cc(-c6ccc7sc8ccccc8c7c6)cc(-c6cccc7ccccc67)c5)cc4oc3c3ccccc23)cc1. The van der Waals surface area contributed by atoms with Gasteiger partial charge in [-0.25, -0.2) is 0 Å². The normalized spacial score (nSPS) is 11.8. The summed E-state index contributed by atoms with van der Waals surface area (Å²) in [5.41, 5.74) is 11.4. The second kappa shape index (κ2) is 11.5. The highest BCUT2D eigenvalue weighted by atomic mass is 32.1. The minimum atomic E-state index is 0.895. The molecular formula is C50H30OS. The summed E-state index contributed by atoms with van der Waals surface area (Å²) in [5.74, 6) is 0. The predicted molar refractivity (Wildman–Crippen MR) is 223 cm³/mol. The fourth-order valence-electron chi connectivity index (χ4n) is 8.13. The van der Waals surface area contributed by atoms with Gasteiger partial charge < -0.3 is 4.42 Å². The lowest BCUT2D eigenvalue weighted by molar-refractivity contribution is 0.673. The fraction of sp³-hybridized carbons (Fsp3) is 0. The van der Waals surface area contributed by atoms with Gasteiger partial charge in [0.2, 0.25) is 0 Å². The van der Waals surface area contributed by atoms with E-state index in [9.17, 15) is 0 Å². The van der Waals surface area contributed by atoms with Crippen molar-refractivity contribution in [1.82, 2.24) is 0 Å². The van der Waals surface area contributed by atoms with E-state index < -0.39 is 0 Å². The molecule has 242 valence electrons. The Morgan fingerprint density at radius 3 is 1.83 bits per heavy atom. The lowest BCUT2D eigenvalue weighted by Gasteiger charge is -2.13. The Labute approximate surface area is 304 Å². The zero-order chi connectivity index (χ0) is 34.2. The molecule has 0 aliphatic rings. The van der Waals surface area contributed by atoms with Crippen molar-refractivity contribution in [2.24, 2.45) is 0 Å². The number of hydrogen-bond donors (Lipinski definition) is 0. The second-order valence-electron chi connectivity index (χ2n) is 13.7. The van der Waals surface area contributed by atoms with E-state index in [1.54, 1.807) is 0 Å². The first-order valence-corrected chi connectivity index (χ1v) is 18.6. The van der Waals surface area contributed by atoms with E-state index in [2.05, 4.69) is 182 Å². The Hall–Kier alpha value is -6.48. The van der Waals surface area contributed by atoms with Crippen LogP contribution in [0.15, 0.2) is 186 Å². The van der Waals surface area contributed by atoms with Crippen LogP contribution in [0.5, 0.6) is 0 Å². The zero-order valence-corrected chi connectivity index (χ0v) is 29.0. The van der Waals surface area contributed by atoms with Crippen LogP contribution in [-0.4, -0.2) is 0 Å². The molecule has 0 unspecified atom stereocenters. The van der Waals surface area contributed by atoms with Crippen molar-refractivity contribution in [1.29, 1.82) is 0 Å². The molecule has 0 radical (unpaired) electrons. The lowest BCUT2D eigenvalue weighted by atomic mass is 9.90. The van der Waals surface area contributed by atoms with Crippen LogP contribution < -0.4 is 0 Å². The minimum absolute atomic E-state index is 0.895. The quantitative estimate of drug-likeness (QED) is 0.181. The van der Waals surface area contributed by atoms with Gasteiger partial charge >= 0.3 is 0 Å². The van der Waals surface area contributed by atoms with Crippen LogP contribution in [0.3, 0.4) is 0 Å². The maximum atomic E-state index is 6.79. The first-order valence-electron chi connectivity index (χ1n) is 17.7. The van der Waals surface area contributed by atoms with Gasteiger partial charge in [-0.15, -0.1) is 11.3 Å². The summed E-state index contributed by atoms with van der Waals surface area (Å²) in [6, 6.07) is 66.3. The third-order valence-corrected chi connectivity index (χ3v) is 11.8. The topological polar surface area (TPSA) is 13.1 Å². The Morgan fingerprint density at radius 1 is 0.308 bits per heavy atom. The van der Waals surface area contributed by atoms with E-state index in [0.29, 0.717) is 0 Å². The van der Waals surface area contributed by atoms with Crippen molar-refractivity contribution < 1.29 is 4.42 Å². The number of thiophene rings is 1. The van der Waals surface area contributed by atoms with Crippen molar-refractivity contribution in [3.8, 4) is 44.5 Å². The van der Waals surface area contributed by atoms with Crippen LogP contribution in [0.4, 0.5) is 0 Å². The molecule has 2 heteroatoms. The Morgan fingerprint density at radius 2 is 0.962 bits per heavy atom. The summed E-state index contributed by atoms with van der Waals surface area (Å²) in [6.45, 7) is 0. The average molecular weight is 679 g/mol. The van der Waals surface area contributed by atoms with E-state index in [0.717, 1.165) is 38.5 Å². The summed E-state index contributed by atoms with van der Waals surface area (Å²) in [5, 5.41) is 9.71. The van der Waals surface area contributed by atoms with Gasteiger partial charge in [0.15, 0.2) is 0 Å². The first kappa shape index (κ1) is 29.3. The van der Waals surface area contributed by atoms with Crippen LogP contribution >= 0.6 is 11.3 Å². The molecule has 0 N–H and O–H groups in total. The molecule has 0 spiro atoms. The van der Waals surface area contributed by atoms with E-state index in [4.69, 9.17) is 4.42 Å². The third kappa shape index (κ3) is 4.62. The van der Waals surface area contributed by atoms with Gasteiger partial charge in [0, 0.05) is 36.3 Å². The highest BCUT2D eigenvalue weighted by molar-refractivity contribution is 7.25. The number of fused-ring (bicyclic) bond motifs is 9. The molecule has 0 saturated heterocycles. The molecular weight excluding hydrogens is 649 g/mol. The molecule has 1 nitrogen and oxygen atoms in total. The van der Waals surface area contributed by atoms with Gasteiger partial charge in [0.05, 0.1) is 0 Å². The Balaban J connectivity index is 1.13. The van der Waals surface area contributed by atoms with Crippen molar-refractivity contribution in [3.05, 3.63) is 182 Å². The zero-order valence-electron chi connectivity index (χ0n) is 28.1. The molecule has 11 rings (SSSR count). The number of rotatable bonds is 4. The van der Waals surface area contributed by atoms with Crippen molar-refractivity contribution in [2.75, 3.05) is 0 Å². The van der Waals surface area contributed by atoms with Crippen LogP contribution in [0.25, 0.3) is 108 Å². The summed E-state index contributed by atoms with van der Waals surface area (Å²) in [4.78, 5) is 0. The largest absolute Gasteiger partial charge is 0.455 e.